The van der Waals surface area contributed by atoms with Crippen LogP contribution in [0.5, 0.6) is 0 Å². The molecule has 1 aliphatic heterocycles. The second kappa shape index (κ2) is 10.6. The number of aromatic nitrogens is 1. The van der Waals surface area contributed by atoms with Gasteiger partial charge in [-0.1, -0.05) is 50.6 Å². The molecule has 2 aromatic carbocycles. The van der Waals surface area contributed by atoms with Crippen molar-refractivity contribution >= 4 is 44.1 Å². The Balaban J connectivity index is 1.82. The molecule has 198 valence electrons. The minimum Gasteiger partial charge on any atom is -0.311 e. The zero-order valence-electron chi connectivity index (χ0n) is 21.9. The summed E-state index contributed by atoms with van der Waals surface area (Å²) >= 11 is 6.15. The van der Waals surface area contributed by atoms with Crippen molar-refractivity contribution in [1.29, 1.82) is 0 Å². The average Bonchev–Trinajstić information content (AvgIpc) is 2.83. The molecule has 1 aliphatic rings. The first kappa shape index (κ1) is 27.4. The number of hydrogen-bond donors (Lipinski definition) is 1. The van der Waals surface area contributed by atoms with Gasteiger partial charge in [-0.25, -0.2) is 13.1 Å². The number of rotatable bonds is 7. The van der Waals surface area contributed by atoms with Gasteiger partial charge in [-0.05, 0) is 60.6 Å². The molecule has 1 amide bonds. The first-order chi connectivity index (χ1) is 17.4. The van der Waals surface area contributed by atoms with Crippen molar-refractivity contribution in [2.75, 3.05) is 10.7 Å². The van der Waals surface area contributed by atoms with Gasteiger partial charge in [-0.2, -0.15) is 0 Å². The van der Waals surface area contributed by atoms with E-state index in [2.05, 4.69) is 4.72 Å². The maximum Gasteiger partial charge on any atom is 0.251 e. The number of pyridine rings is 1. The number of nitrogens with one attached hydrogen (secondary N) is 1. The van der Waals surface area contributed by atoms with Crippen LogP contribution in [0.4, 0.5) is 5.69 Å². The molecule has 1 fully saturated rings. The number of piperidine rings is 1. The fourth-order valence-corrected chi connectivity index (χ4v) is 6.95. The molecule has 3 aromatic rings. The highest BCUT2D eigenvalue weighted by Gasteiger charge is 2.40. The highest BCUT2D eigenvalue weighted by molar-refractivity contribution is 7.89. The number of halogens is 1. The lowest BCUT2D eigenvalue weighted by Gasteiger charge is -2.42. The van der Waals surface area contributed by atoms with Gasteiger partial charge in [0.2, 0.25) is 15.9 Å². The molecule has 0 radical (unpaired) electrons. The van der Waals surface area contributed by atoms with Crippen molar-refractivity contribution < 1.29 is 13.2 Å². The predicted octanol–water partition coefficient (Wildman–Crippen LogP) is 4.95. The first-order valence-electron chi connectivity index (χ1n) is 12.6. The minimum absolute atomic E-state index is 0.0137. The first-order valence-corrected chi connectivity index (χ1v) is 14.6. The number of nitrogens with zero attached hydrogens (tertiary/aromatic N) is 2. The van der Waals surface area contributed by atoms with E-state index in [9.17, 15) is 18.0 Å². The van der Waals surface area contributed by atoms with Gasteiger partial charge in [0.05, 0.1) is 17.3 Å². The monoisotopic (exact) mass is 543 g/mol. The summed E-state index contributed by atoms with van der Waals surface area (Å²) in [5.74, 6) is 0.112. The lowest BCUT2D eigenvalue weighted by Crippen LogP contribution is -2.53. The lowest BCUT2D eigenvalue weighted by atomic mass is 9.90. The van der Waals surface area contributed by atoms with E-state index in [-0.39, 0.29) is 35.5 Å². The molecule has 2 heterocycles. The quantitative estimate of drug-likeness (QED) is 0.457. The standard InChI is InChI=1S/C28H34ClN3O4S/c1-17(2)19(4)16-37(35,36)30-24-12-13-26(33)32(28(24)20-6-8-21(29)9-7-20)22-10-11-23-18(3)14-27(34)31(5)25(23)15-22/h6-11,14-15,17,19,24,28,30H,12-13,16H2,1-5H3/t19?,24-,28+/m0/s1. The highest BCUT2D eigenvalue weighted by Crippen LogP contribution is 2.38. The average molecular weight is 544 g/mol. The maximum absolute atomic E-state index is 13.4. The fourth-order valence-electron chi connectivity index (χ4n) is 4.94. The molecule has 9 heteroatoms. The summed E-state index contributed by atoms with van der Waals surface area (Å²) in [7, 11) is -1.91. The smallest absolute Gasteiger partial charge is 0.251 e. The number of carbonyl (C=O) groups is 1. The van der Waals surface area contributed by atoms with Gasteiger partial charge in [-0.15, -0.1) is 0 Å². The molecule has 0 spiro atoms. The Bertz CT molecular complexity index is 1480. The molecule has 1 aromatic heterocycles. The topological polar surface area (TPSA) is 88.5 Å². The third-order valence-electron chi connectivity index (χ3n) is 7.48. The van der Waals surface area contributed by atoms with Crippen LogP contribution in [0.15, 0.2) is 53.3 Å². The second-order valence-electron chi connectivity index (χ2n) is 10.5. The molecule has 1 saturated heterocycles. The molecule has 0 aliphatic carbocycles. The number of fused-ring (bicyclic) bond motifs is 1. The summed E-state index contributed by atoms with van der Waals surface area (Å²) < 4.78 is 30.9. The van der Waals surface area contributed by atoms with Gasteiger partial charge in [0, 0.05) is 41.7 Å². The number of sulfonamides is 1. The van der Waals surface area contributed by atoms with E-state index in [0.29, 0.717) is 22.6 Å². The molecular formula is C28H34ClN3O4S. The van der Waals surface area contributed by atoms with Gasteiger partial charge in [-0.3, -0.25) is 9.59 Å². The van der Waals surface area contributed by atoms with Crippen molar-refractivity contribution in [3.63, 3.8) is 0 Å². The Morgan fingerprint density at radius 2 is 1.73 bits per heavy atom. The zero-order chi connectivity index (χ0) is 27.1. The van der Waals surface area contributed by atoms with Crippen LogP contribution in [0.25, 0.3) is 10.9 Å². The summed E-state index contributed by atoms with van der Waals surface area (Å²) in [6.07, 6.45) is 0.574. The molecular weight excluding hydrogens is 510 g/mol. The van der Waals surface area contributed by atoms with Crippen LogP contribution in [0, 0.1) is 18.8 Å². The molecule has 0 saturated carbocycles. The van der Waals surface area contributed by atoms with E-state index < -0.39 is 22.1 Å². The number of anilines is 1. The highest BCUT2D eigenvalue weighted by atomic mass is 35.5. The second-order valence-corrected chi connectivity index (χ2v) is 12.7. The van der Waals surface area contributed by atoms with E-state index in [1.807, 2.05) is 58.0 Å². The summed E-state index contributed by atoms with van der Waals surface area (Å²) in [4.78, 5) is 27.6. The Hall–Kier alpha value is -2.68. The molecule has 3 atom stereocenters. The van der Waals surface area contributed by atoms with E-state index >= 15 is 0 Å². The van der Waals surface area contributed by atoms with Crippen molar-refractivity contribution in [3.8, 4) is 0 Å². The Labute approximate surface area is 223 Å². The van der Waals surface area contributed by atoms with Crippen LogP contribution in [0.1, 0.15) is 50.8 Å². The SMILES string of the molecule is Cc1cc(=O)n(C)c2cc(N3C(=O)CC[C@H](NS(=O)(=O)CC(C)C(C)C)[C@H]3c3ccc(Cl)cc3)ccc12. The van der Waals surface area contributed by atoms with Gasteiger partial charge in [0.1, 0.15) is 0 Å². The van der Waals surface area contributed by atoms with E-state index in [1.54, 1.807) is 34.7 Å². The molecule has 37 heavy (non-hydrogen) atoms. The van der Waals surface area contributed by atoms with Crippen LogP contribution in [-0.4, -0.2) is 30.7 Å². The van der Waals surface area contributed by atoms with Gasteiger partial charge in [0.15, 0.2) is 0 Å². The summed E-state index contributed by atoms with van der Waals surface area (Å²) in [5.41, 5.74) is 2.82. The predicted molar refractivity (Wildman–Crippen MR) is 150 cm³/mol. The van der Waals surface area contributed by atoms with Crippen LogP contribution < -0.4 is 15.2 Å². The lowest BCUT2D eigenvalue weighted by molar-refractivity contribution is -0.120. The normalized spacial score (nSPS) is 19.5. The number of hydrogen-bond acceptors (Lipinski definition) is 4. The fraction of sp³-hybridized carbons (Fsp3) is 0.429. The number of carbonyl (C=O) groups excluding carboxylic acids is 1. The van der Waals surface area contributed by atoms with Gasteiger partial charge < -0.3 is 9.47 Å². The van der Waals surface area contributed by atoms with Gasteiger partial charge >= 0.3 is 0 Å². The van der Waals surface area contributed by atoms with E-state index in [1.165, 1.54) is 0 Å². The largest absolute Gasteiger partial charge is 0.311 e. The Morgan fingerprint density at radius 3 is 2.38 bits per heavy atom. The van der Waals surface area contributed by atoms with Crippen molar-refractivity contribution in [2.45, 2.75) is 52.6 Å². The number of aryl methyl sites for hydroxylation is 2. The Kier molecular flexibility index (Phi) is 7.83. The summed E-state index contributed by atoms with van der Waals surface area (Å²) in [6, 6.07) is 13.2. The molecule has 4 rings (SSSR count). The maximum atomic E-state index is 13.4. The van der Waals surface area contributed by atoms with Crippen molar-refractivity contribution in [2.24, 2.45) is 18.9 Å². The molecule has 0 bridgehead atoms. The Morgan fingerprint density at radius 1 is 1.05 bits per heavy atom. The molecule has 1 N–H and O–H groups in total. The third kappa shape index (κ3) is 5.76. The minimum atomic E-state index is -3.61. The van der Waals surface area contributed by atoms with Gasteiger partial charge in [0.25, 0.3) is 5.56 Å². The van der Waals surface area contributed by atoms with E-state index in [0.717, 1.165) is 16.5 Å². The zero-order valence-corrected chi connectivity index (χ0v) is 23.4. The van der Waals surface area contributed by atoms with Crippen LogP contribution in [0.3, 0.4) is 0 Å². The third-order valence-corrected chi connectivity index (χ3v) is 9.35. The molecule has 7 nitrogen and oxygen atoms in total. The van der Waals surface area contributed by atoms with Crippen molar-refractivity contribution in [1.82, 2.24) is 9.29 Å². The number of benzene rings is 2. The van der Waals surface area contributed by atoms with Crippen molar-refractivity contribution in [3.05, 3.63) is 75.0 Å². The van der Waals surface area contributed by atoms with Crippen LogP contribution >= 0.6 is 11.6 Å². The van der Waals surface area contributed by atoms with Crippen LogP contribution in [0.2, 0.25) is 5.02 Å². The number of amides is 1. The van der Waals surface area contributed by atoms with Crippen LogP contribution in [-0.2, 0) is 21.9 Å². The summed E-state index contributed by atoms with van der Waals surface area (Å²) in [5, 5.41) is 1.47. The molecule has 1 unspecified atom stereocenters. The summed E-state index contributed by atoms with van der Waals surface area (Å²) in [6.45, 7) is 7.83. The van der Waals surface area contributed by atoms with E-state index in [4.69, 9.17) is 11.6 Å².